The quantitative estimate of drug-likeness (QED) is 0.718. The highest BCUT2D eigenvalue weighted by atomic mass is 14.8. The van der Waals surface area contributed by atoms with E-state index >= 15 is 0 Å². The molecule has 1 aromatic rings. The maximum atomic E-state index is 8.97. The van der Waals surface area contributed by atoms with E-state index in [1.165, 1.54) is 0 Å². The van der Waals surface area contributed by atoms with Gasteiger partial charge in [0.25, 0.3) is 0 Å². The minimum atomic E-state index is -0.0453. The highest BCUT2D eigenvalue weighted by Gasteiger charge is 2.13. The fourth-order valence-corrected chi connectivity index (χ4v) is 1.96. The molecule has 18 heavy (non-hydrogen) atoms. The van der Waals surface area contributed by atoms with Crippen molar-refractivity contribution < 1.29 is 0 Å². The molecule has 1 aromatic carbocycles. The number of hydrogen-bond donors (Lipinski definition) is 0. The van der Waals surface area contributed by atoms with Crippen molar-refractivity contribution in [3.8, 4) is 6.07 Å². The fourth-order valence-electron chi connectivity index (χ4n) is 1.96. The predicted molar refractivity (Wildman–Crippen MR) is 74.2 cm³/mol. The maximum absolute atomic E-state index is 8.97. The van der Waals surface area contributed by atoms with Crippen LogP contribution in [0.15, 0.2) is 58.7 Å². The number of allylic oxidation sites excluding steroid dienone is 4. The summed E-state index contributed by atoms with van der Waals surface area (Å²) in [5, 5.41) is 8.97. The summed E-state index contributed by atoms with van der Waals surface area (Å²) < 4.78 is 0. The summed E-state index contributed by atoms with van der Waals surface area (Å²) in [6.07, 6.45) is 4.66. The Morgan fingerprint density at radius 2 is 2.06 bits per heavy atom. The number of rotatable bonds is 2. The zero-order valence-corrected chi connectivity index (χ0v) is 10.7. The van der Waals surface area contributed by atoms with Crippen LogP contribution in [0, 0.1) is 17.2 Å². The predicted octanol–water partition coefficient (Wildman–Crippen LogP) is 3.87. The second-order valence-corrected chi connectivity index (χ2v) is 4.49. The van der Waals surface area contributed by atoms with Crippen molar-refractivity contribution in [1.82, 2.24) is 0 Å². The molecule has 0 aliphatic heterocycles. The van der Waals surface area contributed by atoms with Crippen molar-refractivity contribution >= 4 is 5.71 Å². The number of hydrogen-bond acceptors (Lipinski definition) is 2. The van der Waals surface area contributed by atoms with Crippen molar-refractivity contribution in [3.05, 3.63) is 59.3 Å². The van der Waals surface area contributed by atoms with Crippen LogP contribution in [0.25, 0.3) is 0 Å². The first-order chi connectivity index (χ1) is 8.70. The Hall–Kier alpha value is -2.14. The van der Waals surface area contributed by atoms with E-state index in [0.29, 0.717) is 6.42 Å². The lowest BCUT2D eigenvalue weighted by Crippen LogP contribution is -2.03. The molecule has 0 fully saturated rings. The summed E-state index contributed by atoms with van der Waals surface area (Å²) in [7, 11) is 0. The van der Waals surface area contributed by atoms with Gasteiger partial charge in [-0.2, -0.15) is 5.26 Å². The Labute approximate surface area is 108 Å². The first-order valence-corrected chi connectivity index (χ1v) is 6.09. The van der Waals surface area contributed by atoms with Crippen molar-refractivity contribution in [1.29, 1.82) is 5.26 Å². The summed E-state index contributed by atoms with van der Waals surface area (Å²) >= 11 is 0. The van der Waals surface area contributed by atoms with E-state index in [2.05, 4.69) is 23.2 Å². The first-order valence-electron chi connectivity index (χ1n) is 6.09. The summed E-state index contributed by atoms with van der Waals surface area (Å²) in [4.78, 5) is 4.68. The third kappa shape index (κ3) is 2.75. The van der Waals surface area contributed by atoms with Crippen molar-refractivity contribution in [3.63, 3.8) is 0 Å². The standard InChI is InChI=1S/C16H16N2/c1-12-8-9-14(11-17)10-16(12)18-13(2)15-6-4-3-5-7-15/h3-9,14H,10H2,1-2H3/b18-13+. The fraction of sp³-hybridized carbons (Fsp3) is 0.250. The van der Waals surface area contributed by atoms with Gasteiger partial charge >= 0.3 is 0 Å². The van der Waals surface area contributed by atoms with Gasteiger partial charge in [-0.15, -0.1) is 0 Å². The van der Waals surface area contributed by atoms with Gasteiger partial charge in [-0.3, -0.25) is 4.99 Å². The average molecular weight is 236 g/mol. The smallest absolute Gasteiger partial charge is 0.0702 e. The third-order valence-electron chi connectivity index (χ3n) is 3.11. The van der Waals surface area contributed by atoms with Gasteiger partial charge in [-0.25, -0.2) is 0 Å². The van der Waals surface area contributed by atoms with Crippen LogP contribution in [0.4, 0.5) is 0 Å². The number of nitriles is 1. The molecular weight excluding hydrogens is 220 g/mol. The van der Waals surface area contributed by atoms with E-state index in [0.717, 1.165) is 22.5 Å². The minimum Gasteiger partial charge on any atom is -0.257 e. The number of benzene rings is 1. The summed E-state index contributed by atoms with van der Waals surface area (Å²) in [5.41, 5.74) is 4.29. The Morgan fingerprint density at radius 1 is 1.33 bits per heavy atom. The van der Waals surface area contributed by atoms with E-state index in [1.807, 2.05) is 44.2 Å². The third-order valence-corrected chi connectivity index (χ3v) is 3.11. The van der Waals surface area contributed by atoms with E-state index < -0.39 is 0 Å². The number of aliphatic imine (C=N–C) groups is 1. The van der Waals surface area contributed by atoms with Crippen LogP contribution >= 0.6 is 0 Å². The molecule has 2 nitrogen and oxygen atoms in total. The van der Waals surface area contributed by atoms with Crippen molar-refractivity contribution in [2.75, 3.05) is 0 Å². The molecule has 0 heterocycles. The topological polar surface area (TPSA) is 36.1 Å². The number of nitrogens with zero attached hydrogens (tertiary/aromatic N) is 2. The van der Waals surface area contributed by atoms with Crippen LogP contribution in [0.2, 0.25) is 0 Å². The van der Waals surface area contributed by atoms with Crippen molar-refractivity contribution in [2.24, 2.45) is 10.9 Å². The summed E-state index contributed by atoms with van der Waals surface area (Å²) in [5.74, 6) is -0.0453. The molecule has 0 saturated carbocycles. The van der Waals surface area contributed by atoms with Gasteiger partial charge in [0.1, 0.15) is 0 Å². The lowest BCUT2D eigenvalue weighted by atomic mass is 9.95. The van der Waals surface area contributed by atoms with E-state index in [-0.39, 0.29) is 5.92 Å². The maximum Gasteiger partial charge on any atom is 0.0702 e. The largest absolute Gasteiger partial charge is 0.257 e. The van der Waals surface area contributed by atoms with Crippen LogP contribution in [-0.4, -0.2) is 5.71 Å². The molecule has 1 aliphatic rings. The minimum absolute atomic E-state index is 0.0453. The molecule has 2 heteroatoms. The lowest BCUT2D eigenvalue weighted by Gasteiger charge is -2.14. The van der Waals surface area contributed by atoms with Crippen LogP contribution in [0.1, 0.15) is 25.8 Å². The molecule has 0 bridgehead atoms. The van der Waals surface area contributed by atoms with Gasteiger partial charge in [-0.1, -0.05) is 42.5 Å². The summed E-state index contributed by atoms with van der Waals surface area (Å²) in [6.45, 7) is 4.05. The Bertz CT molecular complexity index is 557. The van der Waals surface area contributed by atoms with Gasteiger partial charge in [0.05, 0.1) is 12.0 Å². The Balaban J connectivity index is 2.28. The molecule has 0 spiro atoms. The highest BCUT2D eigenvalue weighted by Crippen LogP contribution is 2.24. The SMILES string of the molecule is CC1=C(/N=C(\C)c2ccccc2)CC(C#N)C=C1. The molecule has 0 radical (unpaired) electrons. The molecular formula is C16H16N2. The molecule has 2 rings (SSSR count). The second-order valence-electron chi connectivity index (χ2n) is 4.49. The first kappa shape index (κ1) is 12.3. The van der Waals surface area contributed by atoms with Crippen LogP contribution in [-0.2, 0) is 0 Å². The molecule has 0 saturated heterocycles. The Morgan fingerprint density at radius 3 is 2.72 bits per heavy atom. The molecule has 1 atom stereocenters. The lowest BCUT2D eigenvalue weighted by molar-refractivity contribution is 0.777. The zero-order valence-electron chi connectivity index (χ0n) is 10.7. The van der Waals surface area contributed by atoms with E-state index in [9.17, 15) is 0 Å². The molecule has 0 aromatic heterocycles. The van der Waals surface area contributed by atoms with Gasteiger partial charge < -0.3 is 0 Å². The van der Waals surface area contributed by atoms with Gasteiger partial charge in [0, 0.05) is 17.8 Å². The molecule has 1 unspecified atom stereocenters. The normalized spacial score (nSPS) is 19.8. The average Bonchev–Trinajstić information content (AvgIpc) is 2.42. The monoisotopic (exact) mass is 236 g/mol. The van der Waals surface area contributed by atoms with E-state index in [4.69, 9.17) is 5.26 Å². The van der Waals surface area contributed by atoms with E-state index in [1.54, 1.807) is 0 Å². The van der Waals surface area contributed by atoms with Gasteiger partial charge in [0.15, 0.2) is 0 Å². The highest BCUT2D eigenvalue weighted by molar-refractivity contribution is 5.99. The van der Waals surface area contributed by atoms with Crippen LogP contribution in [0.3, 0.4) is 0 Å². The zero-order chi connectivity index (χ0) is 13.0. The molecule has 1 aliphatic carbocycles. The second kappa shape index (κ2) is 5.46. The van der Waals surface area contributed by atoms with Crippen LogP contribution in [0.5, 0.6) is 0 Å². The molecule has 90 valence electrons. The van der Waals surface area contributed by atoms with Crippen molar-refractivity contribution in [2.45, 2.75) is 20.3 Å². The Kier molecular flexibility index (Phi) is 3.74. The summed E-state index contributed by atoms with van der Waals surface area (Å²) in [6, 6.07) is 12.4. The van der Waals surface area contributed by atoms with Gasteiger partial charge in [0.2, 0.25) is 0 Å². The molecule has 0 N–H and O–H groups in total. The van der Waals surface area contributed by atoms with Crippen LogP contribution < -0.4 is 0 Å². The molecule has 0 amide bonds. The van der Waals surface area contributed by atoms with Gasteiger partial charge in [-0.05, 0) is 25.0 Å².